The van der Waals surface area contributed by atoms with Crippen LogP contribution in [0.3, 0.4) is 0 Å². The number of aliphatic imine (C=N–C) groups is 1. The highest BCUT2D eigenvalue weighted by Crippen LogP contribution is 2.26. The fraction of sp³-hybridized carbons (Fsp3) is 0.240. The van der Waals surface area contributed by atoms with Crippen LogP contribution < -0.4 is 0 Å². The average molecular weight is 386 g/mol. The fourth-order valence-electron chi connectivity index (χ4n) is 3.40. The molecule has 0 atom stereocenters. The molecule has 0 radical (unpaired) electrons. The van der Waals surface area contributed by atoms with E-state index in [1.165, 1.54) is 25.0 Å². The molecule has 0 saturated heterocycles. The van der Waals surface area contributed by atoms with Crippen molar-refractivity contribution in [3.63, 3.8) is 0 Å². The van der Waals surface area contributed by atoms with Gasteiger partial charge in [0, 0.05) is 23.7 Å². The first-order valence-corrected chi connectivity index (χ1v) is 10.3. The van der Waals surface area contributed by atoms with E-state index in [0.717, 1.165) is 40.5 Å². The van der Waals surface area contributed by atoms with Crippen molar-refractivity contribution in [2.45, 2.75) is 39.2 Å². The Balaban J connectivity index is 1.53. The van der Waals surface area contributed by atoms with Crippen LogP contribution in [-0.4, -0.2) is 15.7 Å². The molecule has 0 bridgehead atoms. The zero-order valence-electron chi connectivity index (χ0n) is 16.8. The Hall–Kier alpha value is -3.27. The molecule has 2 N–H and O–H groups in total. The second-order valence-electron chi connectivity index (χ2n) is 7.29. The number of aromatic amines is 2. The average Bonchev–Trinajstić information content (AvgIpc) is 3.49. The van der Waals surface area contributed by atoms with Gasteiger partial charge in [-0.3, -0.25) is 0 Å². The van der Waals surface area contributed by atoms with E-state index in [9.17, 15) is 0 Å². The van der Waals surface area contributed by atoms with E-state index in [2.05, 4.69) is 47.2 Å². The second kappa shape index (κ2) is 9.28. The molecule has 3 heterocycles. The lowest BCUT2D eigenvalue weighted by Crippen LogP contribution is -1.95. The Morgan fingerprint density at radius 2 is 1.90 bits per heavy atom. The van der Waals surface area contributed by atoms with E-state index in [4.69, 9.17) is 9.73 Å². The van der Waals surface area contributed by atoms with E-state index in [1.54, 1.807) is 0 Å². The lowest BCUT2D eigenvalue weighted by atomic mass is 10.2. The van der Waals surface area contributed by atoms with Gasteiger partial charge >= 0.3 is 0 Å². The zero-order chi connectivity index (χ0) is 19.9. The lowest BCUT2D eigenvalue weighted by Gasteiger charge is -2.08. The van der Waals surface area contributed by atoms with Gasteiger partial charge in [0.1, 0.15) is 18.1 Å². The van der Waals surface area contributed by atoms with Gasteiger partial charge in [-0.1, -0.05) is 50.1 Å². The van der Waals surface area contributed by atoms with Crippen LogP contribution in [0.15, 0.2) is 83.3 Å². The highest BCUT2D eigenvalue weighted by Gasteiger charge is 2.18. The minimum atomic E-state index is 0.518. The summed E-state index contributed by atoms with van der Waals surface area (Å²) < 4.78 is 6.14. The van der Waals surface area contributed by atoms with Crippen LogP contribution in [0, 0.1) is 0 Å². The molecule has 0 amide bonds. The van der Waals surface area contributed by atoms with Gasteiger partial charge in [-0.25, -0.2) is 4.99 Å². The van der Waals surface area contributed by atoms with Gasteiger partial charge in [0.2, 0.25) is 0 Å². The van der Waals surface area contributed by atoms with Gasteiger partial charge in [-0.15, -0.1) is 0 Å². The number of unbranched alkanes of at least 4 members (excludes halogenated alkanes) is 2. The lowest BCUT2D eigenvalue weighted by molar-refractivity contribution is 0.208. The van der Waals surface area contributed by atoms with Crippen LogP contribution in [0.5, 0.6) is 0 Å². The molecule has 4 nitrogen and oxygen atoms in total. The van der Waals surface area contributed by atoms with E-state index < -0.39 is 0 Å². The number of rotatable bonds is 9. The van der Waals surface area contributed by atoms with Crippen molar-refractivity contribution in [1.29, 1.82) is 0 Å². The summed E-state index contributed by atoms with van der Waals surface area (Å²) in [6, 6.07) is 18.5. The summed E-state index contributed by atoms with van der Waals surface area (Å²) in [7, 11) is 0. The number of hydrogen-bond donors (Lipinski definition) is 2. The summed E-state index contributed by atoms with van der Waals surface area (Å²) in [4.78, 5) is 11.5. The first-order chi connectivity index (χ1) is 14.3. The summed E-state index contributed by atoms with van der Waals surface area (Å²) in [5, 5.41) is 0. The van der Waals surface area contributed by atoms with Gasteiger partial charge in [0.25, 0.3) is 0 Å². The number of allylic oxidation sites excluding steroid dienone is 1. The largest absolute Gasteiger partial charge is 0.487 e. The highest BCUT2D eigenvalue weighted by atomic mass is 16.5. The van der Waals surface area contributed by atoms with Crippen LogP contribution in [-0.2, 0) is 17.8 Å². The number of aromatic nitrogens is 2. The minimum Gasteiger partial charge on any atom is -0.487 e. The molecule has 1 aromatic carbocycles. The van der Waals surface area contributed by atoms with Gasteiger partial charge in [-0.2, -0.15) is 0 Å². The van der Waals surface area contributed by atoms with E-state index in [0.29, 0.717) is 6.61 Å². The number of hydrogen-bond acceptors (Lipinski definition) is 2. The Bertz CT molecular complexity index is 1010. The Morgan fingerprint density at radius 3 is 2.69 bits per heavy atom. The smallest absolute Gasteiger partial charge is 0.147 e. The van der Waals surface area contributed by atoms with Crippen LogP contribution in [0.4, 0.5) is 0 Å². The number of benzene rings is 1. The number of aryl methyl sites for hydroxylation is 1. The third kappa shape index (κ3) is 4.96. The molecule has 148 valence electrons. The molecule has 0 fully saturated rings. The minimum absolute atomic E-state index is 0.518. The zero-order valence-corrected chi connectivity index (χ0v) is 16.8. The maximum absolute atomic E-state index is 6.14. The summed E-state index contributed by atoms with van der Waals surface area (Å²) in [6.45, 7) is 2.75. The van der Waals surface area contributed by atoms with Crippen molar-refractivity contribution in [2.24, 2.45) is 4.99 Å². The second-order valence-corrected chi connectivity index (χ2v) is 7.29. The third-order valence-corrected chi connectivity index (χ3v) is 4.98. The first-order valence-electron chi connectivity index (χ1n) is 10.3. The van der Waals surface area contributed by atoms with Crippen molar-refractivity contribution in [3.05, 3.63) is 101 Å². The normalized spacial score (nSPS) is 14.9. The number of ether oxygens (including phenoxy) is 1. The quantitative estimate of drug-likeness (QED) is 0.435. The third-order valence-electron chi connectivity index (χ3n) is 4.98. The Kier molecular flexibility index (Phi) is 6.10. The Morgan fingerprint density at radius 1 is 1.00 bits per heavy atom. The fourth-order valence-corrected chi connectivity index (χ4v) is 3.40. The maximum Gasteiger partial charge on any atom is 0.147 e. The molecular weight excluding hydrogens is 358 g/mol. The monoisotopic (exact) mass is 385 g/mol. The van der Waals surface area contributed by atoms with Gasteiger partial charge in [0.15, 0.2) is 0 Å². The molecule has 1 aliphatic rings. The molecule has 4 rings (SSSR count). The molecule has 0 saturated carbocycles. The summed E-state index contributed by atoms with van der Waals surface area (Å²) >= 11 is 0. The molecule has 0 aliphatic carbocycles. The molecular formula is C25H27N3O. The van der Waals surface area contributed by atoms with Crippen LogP contribution >= 0.6 is 0 Å². The molecule has 0 unspecified atom stereocenters. The molecule has 29 heavy (non-hydrogen) atoms. The van der Waals surface area contributed by atoms with Crippen molar-refractivity contribution < 1.29 is 4.74 Å². The van der Waals surface area contributed by atoms with Crippen LogP contribution in [0.1, 0.15) is 48.8 Å². The van der Waals surface area contributed by atoms with E-state index in [-0.39, 0.29) is 0 Å². The highest BCUT2D eigenvalue weighted by molar-refractivity contribution is 6.11. The Labute approximate surface area is 172 Å². The van der Waals surface area contributed by atoms with Gasteiger partial charge in [-0.05, 0) is 48.7 Å². The predicted octanol–water partition coefficient (Wildman–Crippen LogP) is 6.02. The van der Waals surface area contributed by atoms with Gasteiger partial charge in [0.05, 0.1) is 11.4 Å². The van der Waals surface area contributed by atoms with Crippen molar-refractivity contribution >= 4 is 11.8 Å². The molecule has 2 aromatic heterocycles. The number of nitrogens with zero attached hydrogens (tertiary/aromatic N) is 1. The van der Waals surface area contributed by atoms with Gasteiger partial charge < -0.3 is 14.7 Å². The topological polar surface area (TPSA) is 53.2 Å². The van der Waals surface area contributed by atoms with Crippen molar-refractivity contribution in [1.82, 2.24) is 9.97 Å². The standard InChI is InChI=1S/C25H27N3O/c1-2-3-5-11-20-13-14-21(27-20)16-24-25(29-18-19-9-6-4-7-10-19)17-23(28-24)22-12-8-15-26-22/h4,6-10,12-17,26-27H,2-3,5,11,18H2,1H3/b24-16+. The summed E-state index contributed by atoms with van der Waals surface area (Å²) in [5.41, 5.74) is 6.18. The number of H-pyrrole nitrogens is 2. The maximum atomic E-state index is 6.14. The number of nitrogens with one attached hydrogen (secondary N) is 2. The van der Waals surface area contributed by atoms with Crippen molar-refractivity contribution in [3.8, 4) is 0 Å². The summed E-state index contributed by atoms with van der Waals surface area (Å²) in [5.74, 6) is 0.792. The molecule has 1 aliphatic heterocycles. The van der Waals surface area contributed by atoms with E-state index in [1.807, 2.05) is 42.6 Å². The van der Waals surface area contributed by atoms with Crippen LogP contribution in [0.25, 0.3) is 6.08 Å². The predicted molar refractivity (Wildman–Crippen MR) is 119 cm³/mol. The summed E-state index contributed by atoms with van der Waals surface area (Å²) in [6.07, 6.45) is 10.8. The van der Waals surface area contributed by atoms with Crippen molar-refractivity contribution in [2.75, 3.05) is 0 Å². The van der Waals surface area contributed by atoms with E-state index >= 15 is 0 Å². The molecule has 4 heteroatoms. The molecule has 3 aromatic rings. The molecule has 0 spiro atoms. The first kappa shape index (κ1) is 19.1. The van der Waals surface area contributed by atoms with Crippen LogP contribution in [0.2, 0.25) is 0 Å². The SMILES string of the molecule is CCCCCc1ccc(/C=C2/N=C(c3ccc[nH]3)C=C2OCc2ccccc2)[nH]1.